The second kappa shape index (κ2) is 9.03. The minimum absolute atomic E-state index is 0.111. The molecule has 0 heterocycles. The van der Waals surface area contributed by atoms with Gasteiger partial charge in [-0.3, -0.25) is 0 Å². The molecule has 0 saturated carbocycles. The summed E-state index contributed by atoms with van der Waals surface area (Å²) in [7, 11) is 1.68. The van der Waals surface area contributed by atoms with Crippen molar-refractivity contribution in [1.82, 2.24) is 5.32 Å². The van der Waals surface area contributed by atoms with Gasteiger partial charge < -0.3 is 19.5 Å². The van der Waals surface area contributed by atoms with Crippen molar-refractivity contribution in [3.05, 3.63) is 29.8 Å². The molecule has 1 N–H and O–H groups in total. The van der Waals surface area contributed by atoms with Gasteiger partial charge in [0.15, 0.2) is 0 Å². The summed E-state index contributed by atoms with van der Waals surface area (Å²) in [5.41, 5.74) is 1.09. The van der Waals surface area contributed by atoms with Gasteiger partial charge in [0, 0.05) is 0 Å². The van der Waals surface area contributed by atoms with Crippen molar-refractivity contribution < 1.29 is 14.2 Å². The highest BCUT2D eigenvalue weighted by atomic mass is 16.5. The monoisotopic (exact) mass is 295 g/mol. The Bertz CT molecular complexity index is 384. The van der Waals surface area contributed by atoms with Crippen LogP contribution in [0.2, 0.25) is 0 Å². The summed E-state index contributed by atoms with van der Waals surface area (Å²) in [5.74, 6) is 0.869. The van der Waals surface area contributed by atoms with Crippen LogP contribution in [-0.2, 0) is 9.47 Å². The van der Waals surface area contributed by atoms with Crippen molar-refractivity contribution in [2.45, 2.75) is 39.3 Å². The third kappa shape index (κ3) is 7.46. The van der Waals surface area contributed by atoms with Crippen molar-refractivity contribution in [2.75, 3.05) is 33.5 Å². The van der Waals surface area contributed by atoms with Gasteiger partial charge >= 0.3 is 0 Å². The number of ether oxygens (including phenoxy) is 3. The fraction of sp³-hybridized carbons (Fsp3) is 0.647. The molecular formula is C17H29NO3. The maximum absolute atomic E-state index is 5.74. The average Bonchev–Trinajstić information content (AvgIpc) is 2.45. The maximum atomic E-state index is 5.74. The van der Waals surface area contributed by atoms with Crippen molar-refractivity contribution in [1.29, 1.82) is 0 Å². The summed E-state index contributed by atoms with van der Waals surface area (Å²) in [5, 5.41) is 3.44. The van der Waals surface area contributed by atoms with Crippen LogP contribution < -0.4 is 10.1 Å². The van der Waals surface area contributed by atoms with E-state index < -0.39 is 0 Å². The Morgan fingerprint density at radius 3 is 2.29 bits per heavy atom. The third-order valence-corrected chi connectivity index (χ3v) is 3.02. The summed E-state index contributed by atoms with van der Waals surface area (Å²) in [4.78, 5) is 0. The summed E-state index contributed by atoms with van der Waals surface area (Å²) in [6, 6.07) is 8.28. The molecule has 4 heteroatoms. The summed E-state index contributed by atoms with van der Waals surface area (Å²) >= 11 is 0. The van der Waals surface area contributed by atoms with Crippen molar-refractivity contribution >= 4 is 0 Å². The molecule has 1 unspecified atom stereocenters. The number of rotatable bonds is 9. The lowest BCUT2D eigenvalue weighted by atomic mass is 10.1. The lowest BCUT2D eigenvalue weighted by molar-refractivity contribution is -0.0373. The smallest absolute Gasteiger partial charge is 0.118 e. The molecule has 21 heavy (non-hydrogen) atoms. The van der Waals surface area contributed by atoms with Crippen LogP contribution in [0.15, 0.2) is 24.3 Å². The van der Waals surface area contributed by atoms with Gasteiger partial charge in [-0.15, -0.1) is 0 Å². The predicted octanol–water partition coefficient (Wildman–Crippen LogP) is 3.18. The lowest BCUT2D eigenvalue weighted by Gasteiger charge is -2.21. The zero-order chi connectivity index (χ0) is 15.7. The highest BCUT2D eigenvalue weighted by Crippen LogP contribution is 2.18. The fourth-order valence-corrected chi connectivity index (χ4v) is 1.96. The van der Waals surface area contributed by atoms with Crippen LogP contribution in [-0.4, -0.2) is 39.1 Å². The molecule has 0 aromatic heterocycles. The first kappa shape index (κ1) is 18.0. The molecule has 0 aliphatic rings. The van der Waals surface area contributed by atoms with Gasteiger partial charge in [0.2, 0.25) is 0 Å². The Hall–Kier alpha value is -1.10. The second-order valence-corrected chi connectivity index (χ2v) is 5.92. The number of methoxy groups -OCH3 is 1. The van der Waals surface area contributed by atoms with Gasteiger partial charge in [-0.25, -0.2) is 0 Å². The fourth-order valence-electron chi connectivity index (χ4n) is 1.96. The Kier molecular flexibility index (Phi) is 7.72. The van der Waals surface area contributed by atoms with Crippen LogP contribution in [0.5, 0.6) is 5.75 Å². The van der Waals surface area contributed by atoms with E-state index in [1.165, 1.54) is 5.56 Å². The molecule has 120 valence electrons. The van der Waals surface area contributed by atoms with Gasteiger partial charge in [-0.1, -0.05) is 19.1 Å². The predicted molar refractivity (Wildman–Crippen MR) is 85.9 cm³/mol. The molecule has 0 spiro atoms. The van der Waals surface area contributed by atoms with E-state index in [1.807, 2.05) is 32.9 Å². The van der Waals surface area contributed by atoms with E-state index >= 15 is 0 Å². The van der Waals surface area contributed by atoms with Crippen LogP contribution >= 0.6 is 0 Å². The minimum Gasteiger partial charge on any atom is -0.497 e. The first-order valence-electron chi connectivity index (χ1n) is 7.55. The molecule has 0 radical (unpaired) electrons. The molecule has 1 rings (SSSR count). The molecular weight excluding hydrogens is 266 g/mol. The zero-order valence-electron chi connectivity index (χ0n) is 13.9. The van der Waals surface area contributed by atoms with Crippen LogP contribution in [0.3, 0.4) is 0 Å². The molecule has 1 aromatic carbocycles. The number of hydrogen-bond donors (Lipinski definition) is 1. The molecule has 0 fully saturated rings. The van der Waals surface area contributed by atoms with Gasteiger partial charge in [-0.05, 0) is 45.0 Å². The SMILES string of the molecule is CCNC(COCCOC(C)(C)C)c1ccc(OC)cc1. The summed E-state index contributed by atoms with van der Waals surface area (Å²) in [6.45, 7) is 11.0. The molecule has 0 bridgehead atoms. The van der Waals surface area contributed by atoms with Gasteiger partial charge in [0.05, 0.1) is 38.6 Å². The van der Waals surface area contributed by atoms with Gasteiger partial charge in [-0.2, -0.15) is 0 Å². The molecule has 4 nitrogen and oxygen atoms in total. The third-order valence-electron chi connectivity index (χ3n) is 3.02. The van der Waals surface area contributed by atoms with Crippen LogP contribution in [0.4, 0.5) is 0 Å². The largest absolute Gasteiger partial charge is 0.497 e. The summed E-state index contributed by atoms with van der Waals surface area (Å²) < 4.78 is 16.6. The van der Waals surface area contributed by atoms with E-state index in [2.05, 4.69) is 24.4 Å². The van der Waals surface area contributed by atoms with E-state index in [0.29, 0.717) is 19.8 Å². The number of likely N-dealkylation sites (N-methyl/N-ethyl adjacent to an activating group) is 1. The number of hydrogen-bond acceptors (Lipinski definition) is 4. The van der Waals surface area contributed by atoms with E-state index in [-0.39, 0.29) is 11.6 Å². The second-order valence-electron chi connectivity index (χ2n) is 5.92. The first-order chi connectivity index (χ1) is 9.96. The summed E-state index contributed by atoms with van der Waals surface area (Å²) in [6.07, 6.45) is 0. The standard InChI is InChI=1S/C17H29NO3/c1-6-18-16(13-20-11-12-21-17(2,3)4)14-7-9-15(19-5)10-8-14/h7-10,16,18H,6,11-13H2,1-5H3. The Morgan fingerprint density at radius 1 is 1.10 bits per heavy atom. The maximum Gasteiger partial charge on any atom is 0.118 e. The Balaban J connectivity index is 2.42. The van der Waals surface area contributed by atoms with E-state index in [1.54, 1.807) is 7.11 Å². The molecule has 0 saturated heterocycles. The quantitative estimate of drug-likeness (QED) is 0.710. The van der Waals surface area contributed by atoms with Crippen molar-refractivity contribution in [3.63, 3.8) is 0 Å². The van der Waals surface area contributed by atoms with Crippen molar-refractivity contribution in [2.24, 2.45) is 0 Å². The average molecular weight is 295 g/mol. The molecule has 1 aromatic rings. The molecule has 0 aliphatic heterocycles. The van der Waals surface area contributed by atoms with Crippen LogP contribution in [0, 0.1) is 0 Å². The number of nitrogens with one attached hydrogen (secondary N) is 1. The van der Waals surface area contributed by atoms with Gasteiger partial charge in [0.25, 0.3) is 0 Å². The number of benzene rings is 1. The van der Waals surface area contributed by atoms with Gasteiger partial charge in [0.1, 0.15) is 5.75 Å². The van der Waals surface area contributed by atoms with E-state index in [0.717, 1.165) is 12.3 Å². The van der Waals surface area contributed by atoms with Crippen LogP contribution in [0.25, 0.3) is 0 Å². The van der Waals surface area contributed by atoms with Crippen LogP contribution in [0.1, 0.15) is 39.3 Å². The minimum atomic E-state index is -0.111. The topological polar surface area (TPSA) is 39.7 Å². The molecule has 0 amide bonds. The van der Waals surface area contributed by atoms with E-state index in [9.17, 15) is 0 Å². The Morgan fingerprint density at radius 2 is 1.76 bits per heavy atom. The lowest BCUT2D eigenvalue weighted by Crippen LogP contribution is -2.27. The highest BCUT2D eigenvalue weighted by molar-refractivity contribution is 5.29. The highest BCUT2D eigenvalue weighted by Gasteiger charge is 2.12. The Labute approximate surface area is 128 Å². The van der Waals surface area contributed by atoms with Crippen molar-refractivity contribution in [3.8, 4) is 5.75 Å². The normalized spacial score (nSPS) is 13.2. The molecule has 1 atom stereocenters. The molecule has 0 aliphatic carbocycles. The first-order valence-corrected chi connectivity index (χ1v) is 7.55. The van der Waals surface area contributed by atoms with E-state index in [4.69, 9.17) is 14.2 Å². The zero-order valence-corrected chi connectivity index (χ0v) is 13.9.